The van der Waals surface area contributed by atoms with Gasteiger partial charge >= 0.3 is 12.2 Å². The minimum atomic E-state index is -0.528. The van der Waals surface area contributed by atoms with Crippen molar-refractivity contribution < 1.29 is 19.1 Å². The van der Waals surface area contributed by atoms with Gasteiger partial charge in [0, 0.05) is 19.6 Å². The summed E-state index contributed by atoms with van der Waals surface area (Å²) in [5.74, 6) is 0. The molecule has 6 heteroatoms. The van der Waals surface area contributed by atoms with Crippen molar-refractivity contribution in [2.75, 3.05) is 19.6 Å². The highest BCUT2D eigenvalue weighted by Crippen LogP contribution is 2.36. The summed E-state index contributed by atoms with van der Waals surface area (Å²) in [5, 5.41) is 0. The summed E-state index contributed by atoms with van der Waals surface area (Å²) in [7, 11) is 0. The molecule has 2 fully saturated rings. The van der Waals surface area contributed by atoms with Crippen LogP contribution >= 0.6 is 0 Å². The summed E-state index contributed by atoms with van der Waals surface area (Å²) in [6.07, 6.45) is 6.37. The van der Waals surface area contributed by atoms with Gasteiger partial charge in [0.05, 0.1) is 5.54 Å². The van der Waals surface area contributed by atoms with E-state index in [4.69, 9.17) is 9.47 Å². The lowest BCUT2D eigenvalue weighted by Gasteiger charge is -2.44. The number of rotatable bonds is 0. The Morgan fingerprint density at radius 2 is 1.26 bits per heavy atom. The predicted octanol–water partition coefficient (Wildman–Crippen LogP) is 4.96. The van der Waals surface area contributed by atoms with Crippen LogP contribution in [0, 0.1) is 0 Å². The third-order valence-electron chi connectivity index (χ3n) is 5.17. The number of hydrogen-bond donors (Lipinski definition) is 0. The van der Waals surface area contributed by atoms with E-state index in [1.165, 1.54) is 0 Å². The second kappa shape index (κ2) is 8.27. The van der Waals surface area contributed by atoms with E-state index in [1.54, 1.807) is 4.90 Å². The first kappa shape index (κ1) is 21.8. The van der Waals surface area contributed by atoms with Gasteiger partial charge in [0.15, 0.2) is 0 Å². The minimum absolute atomic E-state index is 0.254. The molecule has 27 heavy (non-hydrogen) atoms. The van der Waals surface area contributed by atoms with Crippen LogP contribution in [0.25, 0.3) is 0 Å². The van der Waals surface area contributed by atoms with Crippen molar-refractivity contribution in [1.82, 2.24) is 9.80 Å². The molecule has 0 unspecified atom stereocenters. The molecule has 0 aromatic rings. The molecule has 0 aliphatic carbocycles. The number of carbonyl (C=O) groups is 2. The van der Waals surface area contributed by atoms with Crippen molar-refractivity contribution in [2.24, 2.45) is 0 Å². The molecule has 2 rings (SSSR count). The molecule has 2 aliphatic rings. The Labute approximate surface area is 164 Å². The molecule has 0 saturated carbocycles. The lowest BCUT2D eigenvalue weighted by atomic mass is 9.87. The highest BCUT2D eigenvalue weighted by molar-refractivity contribution is 5.71. The smallest absolute Gasteiger partial charge is 0.410 e. The maximum absolute atomic E-state index is 13.0. The summed E-state index contributed by atoms with van der Waals surface area (Å²) >= 11 is 0. The van der Waals surface area contributed by atoms with E-state index in [2.05, 4.69) is 0 Å². The third-order valence-corrected chi connectivity index (χ3v) is 5.17. The van der Waals surface area contributed by atoms with E-state index in [1.807, 2.05) is 46.4 Å². The van der Waals surface area contributed by atoms with Crippen molar-refractivity contribution in [1.29, 1.82) is 0 Å². The standard InChI is InChI=1S/C21H38N2O4/c1-19(2,3)26-17(24)22-14-11-9-13-21(16-22)12-8-7-10-15-23(21)18(25)27-20(4,5)6/h7-16H2,1-6H3/t21-/m0/s1. The second-order valence-electron chi connectivity index (χ2n) is 10.0. The average Bonchev–Trinajstić information content (AvgIpc) is 2.82. The zero-order chi connectivity index (χ0) is 20.3. The monoisotopic (exact) mass is 382 g/mol. The van der Waals surface area contributed by atoms with Gasteiger partial charge in [0.25, 0.3) is 0 Å². The Balaban J connectivity index is 2.26. The number of nitrogens with zero attached hydrogens (tertiary/aromatic N) is 2. The zero-order valence-corrected chi connectivity index (χ0v) is 18.1. The van der Waals surface area contributed by atoms with E-state index >= 15 is 0 Å². The van der Waals surface area contributed by atoms with E-state index in [9.17, 15) is 9.59 Å². The molecule has 0 N–H and O–H groups in total. The average molecular weight is 383 g/mol. The lowest BCUT2D eigenvalue weighted by Crippen LogP contribution is -2.58. The zero-order valence-electron chi connectivity index (χ0n) is 18.1. The van der Waals surface area contributed by atoms with Crippen molar-refractivity contribution >= 4 is 12.2 Å². The molecule has 1 spiro atoms. The molecule has 0 radical (unpaired) electrons. The topological polar surface area (TPSA) is 59.1 Å². The van der Waals surface area contributed by atoms with E-state index in [-0.39, 0.29) is 17.7 Å². The molecule has 0 aromatic heterocycles. The first-order valence-corrected chi connectivity index (χ1v) is 10.4. The Morgan fingerprint density at radius 3 is 1.85 bits per heavy atom. The van der Waals surface area contributed by atoms with Crippen LogP contribution < -0.4 is 0 Å². The Bertz CT molecular complexity index is 531. The van der Waals surface area contributed by atoms with Gasteiger partial charge in [-0.1, -0.05) is 12.8 Å². The third kappa shape index (κ3) is 6.28. The first-order valence-electron chi connectivity index (χ1n) is 10.4. The van der Waals surface area contributed by atoms with Crippen LogP contribution in [0.5, 0.6) is 0 Å². The molecule has 2 amide bonds. The van der Waals surface area contributed by atoms with Gasteiger partial charge in [-0.2, -0.15) is 0 Å². The molecule has 0 bridgehead atoms. The normalized spacial score (nSPS) is 25.0. The Hall–Kier alpha value is -1.46. The van der Waals surface area contributed by atoms with Crippen molar-refractivity contribution in [3.8, 4) is 0 Å². The predicted molar refractivity (Wildman–Crippen MR) is 106 cm³/mol. The molecule has 2 heterocycles. The van der Waals surface area contributed by atoms with Crippen LogP contribution in [0.4, 0.5) is 9.59 Å². The van der Waals surface area contributed by atoms with Crippen LogP contribution in [0.3, 0.4) is 0 Å². The van der Waals surface area contributed by atoms with Crippen molar-refractivity contribution in [3.05, 3.63) is 0 Å². The highest BCUT2D eigenvalue weighted by atomic mass is 16.6. The molecule has 2 saturated heterocycles. The number of amides is 2. The van der Waals surface area contributed by atoms with Gasteiger partial charge in [-0.15, -0.1) is 0 Å². The molecule has 0 aromatic carbocycles. The van der Waals surface area contributed by atoms with Crippen LogP contribution in [-0.2, 0) is 9.47 Å². The number of carbonyl (C=O) groups excluding carboxylic acids is 2. The fourth-order valence-electron chi connectivity index (χ4n) is 4.05. The van der Waals surface area contributed by atoms with Gasteiger partial charge in [-0.25, -0.2) is 9.59 Å². The highest BCUT2D eigenvalue weighted by Gasteiger charge is 2.45. The van der Waals surface area contributed by atoms with Crippen LogP contribution in [0.2, 0.25) is 0 Å². The van der Waals surface area contributed by atoms with Crippen LogP contribution in [0.1, 0.15) is 86.5 Å². The number of hydrogen-bond acceptors (Lipinski definition) is 4. The van der Waals surface area contributed by atoms with Gasteiger partial charge in [-0.3, -0.25) is 0 Å². The quantitative estimate of drug-likeness (QED) is 0.594. The Kier molecular flexibility index (Phi) is 6.69. The van der Waals surface area contributed by atoms with E-state index in [0.29, 0.717) is 19.6 Å². The fraction of sp³-hybridized carbons (Fsp3) is 0.905. The van der Waals surface area contributed by atoms with Gasteiger partial charge in [0.1, 0.15) is 11.2 Å². The van der Waals surface area contributed by atoms with Crippen LogP contribution in [0.15, 0.2) is 0 Å². The van der Waals surface area contributed by atoms with E-state index < -0.39 is 11.2 Å². The van der Waals surface area contributed by atoms with Crippen molar-refractivity contribution in [2.45, 2.75) is 103 Å². The molecular weight excluding hydrogens is 344 g/mol. The Morgan fingerprint density at radius 1 is 0.741 bits per heavy atom. The van der Waals surface area contributed by atoms with Gasteiger partial charge in [-0.05, 0) is 73.6 Å². The summed E-state index contributed by atoms with van der Waals surface area (Å²) in [6.45, 7) is 13.3. The van der Waals surface area contributed by atoms with Crippen molar-refractivity contribution in [3.63, 3.8) is 0 Å². The van der Waals surface area contributed by atoms with Gasteiger partial charge in [0.2, 0.25) is 0 Å². The van der Waals surface area contributed by atoms with Crippen LogP contribution in [-0.4, -0.2) is 58.4 Å². The maximum Gasteiger partial charge on any atom is 0.410 e. The first-order chi connectivity index (χ1) is 12.4. The van der Waals surface area contributed by atoms with E-state index in [0.717, 1.165) is 44.9 Å². The summed E-state index contributed by atoms with van der Waals surface area (Å²) in [5.41, 5.74) is -1.41. The largest absolute Gasteiger partial charge is 0.444 e. The second-order valence-corrected chi connectivity index (χ2v) is 10.0. The maximum atomic E-state index is 13.0. The number of likely N-dealkylation sites (tertiary alicyclic amines) is 2. The molecule has 156 valence electrons. The SMILES string of the molecule is CC(C)(C)OC(=O)N1CCCC[C@@]2(CCCCCN2C(=O)OC(C)(C)C)C1. The molecule has 2 aliphatic heterocycles. The lowest BCUT2D eigenvalue weighted by molar-refractivity contribution is -0.0186. The number of ether oxygens (including phenoxy) is 2. The van der Waals surface area contributed by atoms with Gasteiger partial charge < -0.3 is 19.3 Å². The fourth-order valence-corrected chi connectivity index (χ4v) is 4.05. The molecule has 1 atom stereocenters. The summed E-state index contributed by atoms with van der Waals surface area (Å²) < 4.78 is 11.4. The summed E-state index contributed by atoms with van der Waals surface area (Å²) in [4.78, 5) is 29.5. The summed E-state index contributed by atoms with van der Waals surface area (Å²) in [6, 6.07) is 0. The minimum Gasteiger partial charge on any atom is -0.444 e. The molecule has 6 nitrogen and oxygen atoms in total. The molecular formula is C21H38N2O4.